The normalized spacial score (nSPS) is 29.2. The van der Waals surface area contributed by atoms with Crippen molar-refractivity contribution in [1.29, 1.82) is 0 Å². The Labute approximate surface area is 108 Å². The number of nitrogens with zero attached hydrogens (tertiary/aromatic N) is 1. The van der Waals surface area contributed by atoms with Crippen LogP contribution in [-0.2, 0) is 9.59 Å². The molecule has 0 saturated carbocycles. The Morgan fingerprint density at radius 2 is 1.94 bits per heavy atom. The monoisotopic (exact) mass is 250 g/mol. The van der Waals surface area contributed by atoms with Gasteiger partial charge in [0, 0.05) is 6.04 Å². The summed E-state index contributed by atoms with van der Waals surface area (Å²) in [6, 6.07) is -0.479. The van der Waals surface area contributed by atoms with Crippen molar-refractivity contribution in [3.05, 3.63) is 12.2 Å². The largest absolute Gasteiger partial charge is 0.342 e. The summed E-state index contributed by atoms with van der Waals surface area (Å²) in [6.07, 6.45) is 6.63. The van der Waals surface area contributed by atoms with Crippen LogP contribution in [0.2, 0.25) is 0 Å². The third-order valence-electron chi connectivity index (χ3n) is 3.89. The van der Waals surface area contributed by atoms with Crippen LogP contribution in [0.4, 0.5) is 0 Å². The molecule has 0 aromatic carbocycles. The molecule has 1 fully saturated rings. The molecular formula is C14H22N2O2. The predicted octanol–water partition coefficient (Wildman–Crippen LogP) is 1.47. The summed E-state index contributed by atoms with van der Waals surface area (Å²) in [4.78, 5) is 26.5. The Balaban J connectivity index is 2.24. The van der Waals surface area contributed by atoms with Crippen molar-refractivity contribution in [2.24, 2.45) is 5.92 Å². The van der Waals surface area contributed by atoms with Crippen molar-refractivity contribution in [2.75, 3.05) is 0 Å². The summed E-state index contributed by atoms with van der Waals surface area (Å²) < 4.78 is 0. The lowest BCUT2D eigenvalue weighted by molar-refractivity contribution is -0.153. The van der Waals surface area contributed by atoms with Crippen LogP contribution in [-0.4, -0.2) is 34.8 Å². The molecule has 1 aliphatic heterocycles. The summed E-state index contributed by atoms with van der Waals surface area (Å²) >= 11 is 0. The van der Waals surface area contributed by atoms with Gasteiger partial charge in [-0.05, 0) is 25.2 Å². The first-order chi connectivity index (χ1) is 8.56. The summed E-state index contributed by atoms with van der Waals surface area (Å²) in [5.41, 5.74) is 0. The number of nitrogens with one attached hydrogen (secondary N) is 1. The summed E-state index contributed by atoms with van der Waals surface area (Å²) in [5.74, 6) is 0.226. The molecule has 100 valence electrons. The predicted molar refractivity (Wildman–Crippen MR) is 69.9 cm³/mol. The number of carbonyl (C=O) groups is 2. The molecule has 0 radical (unpaired) electrons. The molecule has 0 aromatic rings. The smallest absolute Gasteiger partial charge is 0.246 e. The van der Waals surface area contributed by atoms with Gasteiger partial charge in [0.1, 0.15) is 12.1 Å². The van der Waals surface area contributed by atoms with Crippen LogP contribution in [0.5, 0.6) is 0 Å². The second kappa shape index (κ2) is 5.12. The van der Waals surface area contributed by atoms with E-state index in [1.807, 2.05) is 25.7 Å². The van der Waals surface area contributed by atoms with Crippen LogP contribution in [0, 0.1) is 5.92 Å². The molecule has 1 heterocycles. The number of hydrogen-bond acceptors (Lipinski definition) is 2. The third-order valence-corrected chi connectivity index (χ3v) is 3.89. The van der Waals surface area contributed by atoms with Gasteiger partial charge in [-0.3, -0.25) is 9.59 Å². The highest BCUT2D eigenvalue weighted by Gasteiger charge is 2.43. The van der Waals surface area contributed by atoms with Gasteiger partial charge in [-0.15, -0.1) is 0 Å². The minimum atomic E-state index is -0.360. The highest BCUT2D eigenvalue weighted by atomic mass is 16.2. The van der Waals surface area contributed by atoms with Crippen molar-refractivity contribution in [2.45, 2.75) is 58.2 Å². The van der Waals surface area contributed by atoms with Crippen LogP contribution >= 0.6 is 0 Å². The number of amides is 2. The standard InChI is InChI=1S/C14H22N2O2/c1-4-11-13(17)15-12(9(2)3)14(18)16(11)10-7-5-6-8-10/h5-6,9-12H,4,7-8H2,1-3H3,(H,15,17). The lowest BCUT2D eigenvalue weighted by Crippen LogP contribution is -2.66. The number of hydrogen-bond donors (Lipinski definition) is 1. The second-order valence-corrected chi connectivity index (χ2v) is 5.50. The zero-order chi connectivity index (χ0) is 13.3. The Bertz CT molecular complexity index is 368. The first-order valence-corrected chi connectivity index (χ1v) is 6.83. The van der Waals surface area contributed by atoms with Gasteiger partial charge in [0.05, 0.1) is 0 Å². The van der Waals surface area contributed by atoms with E-state index < -0.39 is 0 Å². The van der Waals surface area contributed by atoms with E-state index >= 15 is 0 Å². The Kier molecular flexibility index (Phi) is 3.73. The summed E-state index contributed by atoms with van der Waals surface area (Å²) in [5, 5.41) is 2.87. The van der Waals surface area contributed by atoms with E-state index in [9.17, 15) is 9.59 Å². The molecule has 2 atom stereocenters. The van der Waals surface area contributed by atoms with Gasteiger partial charge in [-0.1, -0.05) is 32.9 Å². The molecule has 0 spiro atoms. The highest BCUT2D eigenvalue weighted by molar-refractivity contribution is 5.97. The molecule has 4 nitrogen and oxygen atoms in total. The second-order valence-electron chi connectivity index (χ2n) is 5.50. The first-order valence-electron chi connectivity index (χ1n) is 6.83. The van der Waals surface area contributed by atoms with Gasteiger partial charge in [0.15, 0.2) is 0 Å². The van der Waals surface area contributed by atoms with Crippen LogP contribution in [0.15, 0.2) is 12.2 Å². The fourth-order valence-corrected chi connectivity index (χ4v) is 2.85. The SMILES string of the molecule is CCC1C(=O)NC(C(C)C)C(=O)N1C1CC=CC1. The Morgan fingerprint density at radius 1 is 1.33 bits per heavy atom. The van der Waals surface area contributed by atoms with Gasteiger partial charge < -0.3 is 10.2 Å². The topological polar surface area (TPSA) is 49.4 Å². The highest BCUT2D eigenvalue weighted by Crippen LogP contribution is 2.26. The van der Waals surface area contributed by atoms with E-state index in [1.165, 1.54) is 0 Å². The fourth-order valence-electron chi connectivity index (χ4n) is 2.85. The lowest BCUT2D eigenvalue weighted by atomic mass is 9.95. The molecule has 2 amide bonds. The van der Waals surface area contributed by atoms with Crippen molar-refractivity contribution in [3.63, 3.8) is 0 Å². The van der Waals surface area contributed by atoms with Gasteiger partial charge in [0.25, 0.3) is 0 Å². The maximum absolute atomic E-state index is 12.6. The number of carbonyl (C=O) groups excluding carboxylic acids is 2. The molecular weight excluding hydrogens is 228 g/mol. The quantitative estimate of drug-likeness (QED) is 0.771. The maximum atomic E-state index is 12.6. The maximum Gasteiger partial charge on any atom is 0.246 e. The zero-order valence-electron chi connectivity index (χ0n) is 11.3. The number of piperazine rings is 1. The molecule has 0 bridgehead atoms. The molecule has 1 saturated heterocycles. The minimum absolute atomic E-state index is 0.00250. The molecule has 4 heteroatoms. The summed E-state index contributed by atoms with van der Waals surface area (Å²) in [7, 11) is 0. The van der Waals surface area contributed by atoms with Gasteiger partial charge in [-0.2, -0.15) is 0 Å². The van der Waals surface area contributed by atoms with Gasteiger partial charge >= 0.3 is 0 Å². The van der Waals surface area contributed by atoms with E-state index in [0.717, 1.165) is 12.8 Å². The average Bonchev–Trinajstić information content (AvgIpc) is 2.84. The molecule has 1 aliphatic carbocycles. The molecule has 1 N–H and O–H groups in total. The van der Waals surface area contributed by atoms with Crippen molar-refractivity contribution < 1.29 is 9.59 Å². The van der Waals surface area contributed by atoms with E-state index in [1.54, 1.807) is 0 Å². The Morgan fingerprint density at radius 3 is 2.44 bits per heavy atom. The fraction of sp³-hybridized carbons (Fsp3) is 0.714. The average molecular weight is 250 g/mol. The minimum Gasteiger partial charge on any atom is -0.342 e. The van der Waals surface area contributed by atoms with Gasteiger partial charge in [-0.25, -0.2) is 0 Å². The van der Waals surface area contributed by atoms with Crippen LogP contribution < -0.4 is 5.32 Å². The van der Waals surface area contributed by atoms with Crippen molar-refractivity contribution >= 4 is 11.8 Å². The van der Waals surface area contributed by atoms with Crippen molar-refractivity contribution in [3.8, 4) is 0 Å². The molecule has 18 heavy (non-hydrogen) atoms. The van der Waals surface area contributed by atoms with E-state index in [4.69, 9.17) is 0 Å². The van der Waals surface area contributed by atoms with Crippen molar-refractivity contribution in [1.82, 2.24) is 10.2 Å². The molecule has 2 rings (SSSR count). The Hall–Kier alpha value is -1.32. The first kappa shape index (κ1) is 13.1. The molecule has 2 aliphatic rings. The van der Waals surface area contributed by atoms with Crippen LogP contribution in [0.25, 0.3) is 0 Å². The third kappa shape index (κ3) is 2.16. The zero-order valence-corrected chi connectivity index (χ0v) is 11.3. The number of rotatable bonds is 3. The van der Waals surface area contributed by atoms with Gasteiger partial charge in [0.2, 0.25) is 11.8 Å². The molecule has 2 unspecified atom stereocenters. The molecule has 0 aromatic heterocycles. The van der Waals surface area contributed by atoms with E-state index in [-0.39, 0.29) is 35.9 Å². The van der Waals surface area contributed by atoms with E-state index in [0.29, 0.717) is 6.42 Å². The van der Waals surface area contributed by atoms with Crippen LogP contribution in [0.1, 0.15) is 40.0 Å². The van der Waals surface area contributed by atoms with E-state index in [2.05, 4.69) is 17.5 Å². The van der Waals surface area contributed by atoms with Crippen LogP contribution in [0.3, 0.4) is 0 Å². The summed E-state index contributed by atoms with van der Waals surface area (Å²) in [6.45, 7) is 5.91. The lowest BCUT2D eigenvalue weighted by Gasteiger charge is -2.43.